The van der Waals surface area contributed by atoms with Gasteiger partial charge in [-0.15, -0.1) is 0 Å². The van der Waals surface area contributed by atoms with Crippen LogP contribution >= 0.6 is 15.9 Å². The Morgan fingerprint density at radius 3 is 2.23 bits per heavy atom. The van der Waals surface area contributed by atoms with E-state index in [1.165, 1.54) is 16.4 Å². The van der Waals surface area contributed by atoms with Crippen LogP contribution in [0.4, 0.5) is 5.82 Å². The molecule has 1 amide bonds. The molecule has 3 aromatic rings. The summed E-state index contributed by atoms with van der Waals surface area (Å²) in [7, 11) is -2.28. The van der Waals surface area contributed by atoms with E-state index in [2.05, 4.69) is 21.2 Å². The van der Waals surface area contributed by atoms with Gasteiger partial charge in [0, 0.05) is 22.0 Å². The molecule has 0 saturated heterocycles. The largest absolute Gasteiger partial charge is 0.497 e. The first-order valence-corrected chi connectivity index (χ1v) is 13.4. The molecule has 1 heterocycles. The van der Waals surface area contributed by atoms with Crippen LogP contribution in [0.15, 0.2) is 64.0 Å². The number of aromatic nitrogens is 2. The molecule has 0 atom stereocenters. The minimum Gasteiger partial charge on any atom is -0.497 e. The molecule has 3 rings (SSSR count). The van der Waals surface area contributed by atoms with Crippen molar-refractivity contribution in [3.63, 3.8) is 0 Å². The number of hydrogen-bond donors (Lipinski definition) is 1. The Labute approximate surface area is 215 Å². The molecule has 0 fully saturated rings. The standard InChI is InChI=1S/C25H31BrN4O4S/c1-17(2)29(35(32,33)21-13-7-18(26)8-14-21)16-24(31)27-23-15-22(25(3,4)5)28-30(23)19-9-11-20(34-6)12-10-19/h7-15,17H,16H2,1-6H3,(H,27,31). The SMILES string of the molecule is COc1ccc(-n2nc(C(C)(C)C)cc2NC(=O)CN(C(C)C)S(=O)(=O)c2ccc(Br)cc2)cc1. The third-order valence-corrected chi connectivity index (χ3v) is 7.92. The maximum Gasteiger partial charge on any atom is 0.243 e. The number of rotatable bonds is 8. The van der Waals surface area contributed by atoms with Crippen molar-refractivity contribution in [2.75, 3.05) is 19.0 Å². The molecule has 0 spiro atoms. The number of halogens is 1. The lowest BCUT2D eigenvalue weighted by Crippen LogP contribution is -2.42. The normalized spacial score (nSPS) is 12.3. The van der Waals surface area contributed by atoms with Crippen LogP contribution in [0, 0.1) is 0 Å². The van der Waals surface area contributed by atoms with Gasteiger partial charge in [0.1, 0.15) is 11.6 Å². The monoisotopic (exact) mass is 562 g/mol. The van der Waals surface area contributed by atoms with Gasteiger partial charge in [-0.05, 0) is 62.4 Å². The number of hydrogen-bond acceptors (Lipinski definition) is 5. The Hall–Kier alpha value is -2.69. The zero-order chi connectivity index (χ0) is 26.0. The van der Waals surface area contributed by atoms with E-state index in [4.69, 9.17) is 9.84 Å². The third-order valence-electron chi connectivity index (χ3n) is 5.36. The summed E-state index contributed by atoms with van der Waals surface area (Å²) in [6.07, 6.45) is 0. The van der Waals surface area contributed by atoms with Crippen molar-refractivity contribution in [1.29, 1.82) is 0 Å². The summed E-state index contributed by atoms with van der Waals surface area (Å²) < 4.78 is 35.3. The van der Waals surface area contributed by atoms with Crippen LogP contribution in [0.25, 0.3) is 5.69 Å². The lowest BCUT2D eigenvalue weighted by Gasteiger charge is -2.25. The smallest absolute Gasteiger partial charge is 0.243 e. The molecule has 0 saturated carbocycles. The molecule has 1 aromatic heterocycles. The quantitative estimate of drug-likeness (QED) is 0.418. The molecule has 10 heteroatoms. The summed E-state index contributed by atoms with van der Waals surface area (Å²) in [6.45, 7) is 9.24. The fourth-order valence-electron chi connectivity index (χ4n) is 3.37. The number of methoxy groups -OCH3 is 1. The average Bonchev–Trinajstić information content (AvgIpc) is 3.21. The minimum absolute atomic E-state index is 0.125. The highest BCUT2D eigenvalue weighted by Gasteiger charge is 2.30. The first-order valence-electron chi connectivity index (χ1n) is 11.1. The van der Waals surface area contributed by atoms with Gasteiger partial charge in [0.2, 0.25) is 15.9 Å². The topological polar surface area (TPSA) is 93.5 Å². The number of ether oxygens (including phenoxy) is 1. The molecule has 8 nitrogen and oxygen atoms in total. The number of benzene rings is 2. The highest BCUT2D eigenvalue weighted by Crippen LogP contribution is 2.27. The summed E-state index contributed by atoms with van der Waals surface area (Å²) in [4.78, 5) is 13.2. The van der Waals surface area contributed by atoms with Crippen LogP contribution in [0.3, 0.4) is 0 Å². The molecule has 0 radical (unpaired) electrons. The van der Waals surface area contributed by atoms with Crippen LogP contribution in [0.2, 0.25) is 0 Å². The lowest BCUT2D eigenvalue weighted by atomic mass is 9.92. The van der Waals surface area contributed by atoms with E-state index < -0.39 is 22.0 Å². The Morgan fingerprint density at radius 2 is 1.71 bits per heavy atom. The summed E-state index contributed by atoms with van der Waals surface area (Å²) in [5, 5.41) is 7.57. The first kappa shape index (κ1) is 26.9. The van der Waals surface area contributed by atoms with Gasteiger partial charge in [-0.25, -0.2) is 13.1 Å². The van der Waals surface area contributed by atoms with Crippen LogP contribution in [0.5, 0.6) is 5.75 Å². The molecule has 35 heavy (non-hydrogen) atoms. The van der Waals surface area contributed by atoms with E-state index in [9.17, 15) is 13.2 Å². The second-order valence-corrected chi connectivity index (χ2v) is 12.2. The highest BCUT2D eigenvalue weighted by atomic mass is 79.9. The predicted octanol–water partition coefficient (Wildman–Crippen LogP) is 4.98. The number of amides is 1. The first-order chi connectivity index (χ1) is 16.3. The van der Waals surface area contributed by atoms with E-state index in [1.807, 2.05) is 51.1 Å². The van der Waals surface area contributed by atoms with Gasteiger partial charge in [-0.3, -0.25) is 4.79 Å². The molecular formula is C25H31BrN4O4S. The average molecular weight is 564 g/mol. The van der Waals surface area contributed by atoms with Crippen LogP contribution < -0.4 is 10.1 Å². The van der Waals surface area contributed by atoms with Crippen LogP contribution in [0.1, 0.15) is 40.3 Å². The molecule has 188 valence electrons. The van der Waals surface area contributed by atoms with Gasteiger partial charge in [0.25, 0.3) is 0 Å². The molecule has 0 aliphatic carbocycles. The molecule has 2 aromatic carbocycles. The van der Waals surface area contributed by atoms with Crippen molar-refractivity contribution in [2.45, 2.75) is 51.0 Å². The van der Waals surface area contributed by atoms with E-state index in [-0.39, 0.29) is 16.9 Å². The lowest BCUT2D eigenvalue weighted by molar-refractivity contribution is -0.116. The Bertz CT molecular complexity index is 1280. The Morgan fingerprint density at radius 1 is 1.11 bits per heavy atom. The maximum atomic E-state index is 13.3. The number of nitrogens with zero attached hydrogens (tertiary/aromatic N) is 3. The van der Waals surface area contributed by atoms with Crippen molar-refractivity contribution >= 4 is 37.7 Å². The minimum atomic E-state index is -3.88. The predicted molar refractivity (Wildman–Crippen MR) is 141 cm³/mol. The van der Waals surface area contributed by atoms with Crippen molar-refractivity contribution in [2.24, 2.45) is 0 Å². The van der Waals surface area contributed by atoms with Crippen molar-refractivity contribution in [3.8, 4) is 11.4 Å². The van der Waals surface area contributed by atoms with Gasteiger partial charge in [0.15, 0.2) is 0 Å². The summed E-state index contributed by atoms with van der Waals surface area (Å²) in [5.74, 6) is 0.692. The van der Waals surface area contributed by atoms with Gasteiger partial charge in [0.05, 0.1) is 29.9 Å². The molecular weight excluding hydrogens is 532 g/mol. The number of carbonyl (C=O) groups excluding carboxylic acids is 1. The Kier molecular flexibility index (Phi) is 8.08. The fourth-order valence-corrected chi connectivity index (χ4v) is 5.23. The number of carbonyl (C=O) groups is 1. The molecule has 0 aliphatic rings. The van der Waals surface area contributed by atoms with Crippen molar-refractivity contribution in [1.82, 2.24) is 14.1 Å². The van der Waals surface area contributed by atoms with Gasteiger partial charge in [-0.1, -0.05) is 36.7 Å². The fraction of sp³-hybridized carbons (Fsp3) is 0.360. The summed E-state index contributed by atoms with van der Waals surface area (Å²) in [6, 6.07) is 15.0. The van der Waals surface area contributed by atoms with E-state index >= 15 is 0 Å². The highest BCUT2D eigenvalue weighted by molar-refractivity contribution is 9.10. The van der Waals surface area contributed by atoms with E-state index in [0.29, 0.717) is 11.6 Å². The van der Waals surface area contributed by atoms with Gasteiger partial charge >= 0.3 is 0 Å². The van der Waals surface area contributed by atoms with Gasteiger partial charge in [-0.2, -0.15) is 9.40 Å². The second-order valence-electron chi connectivity index (χ2n) is 9.42. The van der Waals surface area contributed by atoms with Crippen molar-refractivity contribution < 1.29 is 17.9 Å². The van der Waals surface area contributed by atoms with Gasteiger partial charge < -0.3 is 10.1 Å². The van der Waals surface area contributed by atoms with E-state index in [0.717, 1.165) is 15.9 Å². The third kappa shape index (κ3) is 6.31. The van der Waals surface area contributed by atoms with Crippen molar-refractivity contribution in [3.05, 3.63) is 64.8 Å². The Balaban J connectivity index is 1.91. The zero-order valence-corrected chi connectivity index (χ0v) is 23.1. The zero-order valence-electron chi connectivity index (χ0n) is 20.7. The van der Waals surface area contributed by atoms with Crippen LogP contribution in [-0.4, -0.2) is 48.1 Å². The summed E-state index contributed by atoms with van der Waals surface area (Å²) >= 11 is 3.32. The maximum absolute atomic E-state index is 13.3. The molecule has 0 unspecified atom stereocenters. The van der Waals surface area contributed by atoms with Crippen LogP contribution in [-0.2, 0) is 20.2 Å². The van der Waals surface area contributed by atoms with E-state index in [1.54, 1.807) is 37.8 Å². The molecule has 0 aliphatic heterocycles. The molecule has 1 N–H and O–H groups in total. The number of anilines is 1. The second kappa shape index (κ2) is 10.5. The molecule has 0 bridgehead atoms. The number of sulfonamides is 1. The number of nitrogens with one attached hydrogen (secondary N) is 1. The summed E-state index contributed by atoms with van der Waals surface area (Å²) in [5.41, 5.74) is 1.26.